The second-order valence-electron chi connectivity index (χ2n) is 5.61. The van der Waals surface area contributed by atoms with Crippen LogP contribution in [0.5, 0.6) is 0 Å². The fourth-order valence-electron chi connectivity index (χ4n) is 2.68. The number of likely N-dealkylation sites (tertiary alicyclic amines) is 1. The van der Waals surface area contributed by atoms with Crippen molar-refractivity contribution in [2.24, 2.45) is 5.92 Å². The van der Waals surface area contributed by atoms with Gasteiger partial charge in [-0.3, -0.25) is 14.9 Å². The Labute approximate surface area is 114 Å². The van der Waals surface area contributed by atoms with Crippen LogP contribution in [-0.2, 0) is 14.3 Å². The van der Waals surface area contributed by atoms with Crippen molar-refractivity contribution in [3.05, 3.63) is 0 Å². The Kier molecular flexibility index (Phi) is 4.80. The number of ether oxygens (including phenoxy) is 1. The van der Waals surface area contributed by atoms with Gasteiger partial charge in [0.05, 0.1) is 13.2 Å². The van der Waals surface area contributed by atoms with Gasteiger partial charge in [0, 0.05) is 13.1 Å². The molecule has 0 aromatic heterocycles. The van der Waals surface area contributed by atoms with E-state index in [-0.39, 0.29) is 24.0 Å². The van der Waals surface area contributed by atoms with E-state index in [1.165, 1.54) is 13.5 Å². The Hall–Kier alpha value is -1.10. The Balaban J connectivity index is 1.88. The van der Waals surface area contributed by atoms with Crippen molar-refractivity contribution in [3.63, 3.8) is 0 Å². The number of nitrogens with zero attached hydrogens (tertiary/aromatic N) is 1. The molecule has 2 rings (SSSR count). The molecule has 2 fully saturated rings. The number of carbonyl (C=O) groups is 2. The van der Waals surface area contributed by atoms with Gasteiger partial charge in [0.1, 0.15) is 6.04 Å². The van der Waals surface area contributed by atoms with Crippen molar-refractivity contribution < 1.29 is 14.3 Å². The minimum absolute atomic E-state index is 0.106. The smallest absolute Gasteiger partial charge is 0.323 e. The van der Waals surface area contributed by atoms with Crippen molar-refractivity contribution >= 4 is 11.9 Å². The highest BCUT2D eigenvalue weighted by molar-refractivity contribution is 5.83. The molecule has 1 heterocycles. The predicted molar refractivity (Wildman–Crippen MR) is 71.6 cm³/mol. The molecule has 108 valence electrons. The first-order valence-electron chi connectivity index (χ1n) is 7.26. The molecule has 0 aromatic carbocycles. The zero-order chi connectivity index (χ0) is 13.8. The van der Waals surface area contributed by atoms with Gasteiger partial charge in [-0.15, -0.1) is 0 Å². The monoisotopic (exact) mass is 268 g/mol. The van der Waals surface area contributed by atoms with E-state index >= 15 is 0 Å². The second kappa shape index (κ2) is 6.37. The van der Waals surface area contributed by atoms with Crippen LogP contribution in [-0.4, -0.2) is 49.1 Å². The summed E-state index contributed by atoms with van der Waals surface area (Å²) in [4.78, 5) is 25.9. The molecule has 5 heteroatoms. The number of methoxy groups -OCH3 is 1. The van der Waals surface area contributed by atoms with Gasteiger partial charge in [-0.05, 0) is 44.9 Å². The molecule has 1 N–H and O–H groups in total. The molecule has 0 spiro atoms. The summed E-state index contributed by atoms with van der Waals surface area (Å²) in [6, 6.07) is -0.642. The highest BCUT2D eigenvalue weighted by Crippen LogP contribution is 2.33. The minimum Gasteiger partial charge on any atom is -0.468 e. The summed E-state index contributed by atoms with van der Waals surface area (Å²) in [5, 5.41) is 3.16. The molecule has 1 saturated carbocycles. The molecule has 1 amide bonds. The maximum Gasteiger partial charge on any atom is 0.323 e. The molecule has 19 heavy (non-hydrogen) atoms. The lowest BCUT2D eigenvalue weighted by Crippen LogP contribution is -2.52. The topological polar surface area (TPSA) is 58.6 Å². The predicted octanol–water partition coefficient (Wildman–Crippen LogP) is 0.929. The lowest BCUT2D eigenvalue weighted by atomic mass is 10.1. The number of nitrogens with one attached hydrogen (secondary N) is 1. The van der Waals surface area contributed by atoms with Gasteiger partial charge < -0.3 is 9.64 Å². The van der Waals surface area contributed by atoms with Crippen LogP contribution in [0.15, 0.2) is 0 Å². The SMILES string of the molecule is COC(=O)C(NC(C)C(=O)N1CCCCC1)C1CC1. The normalized spacial score (nSPS) is 22.7. The van der Waals surface area contributed by atoms with E-state index in [1.54, 1.807) is 0 Å². The van der Waals surface area contributed by atoms with Crippen molar-refractivity contribution in [2.45, 2.75) is 51.1 Å². The van der Waals surface area contributed by atoms with Gasteiger partial charge >= 0.3 is 5.97 Å². The van der Waals surface area contributed by atoms with Crippen LogP contribution in [0, 0.1) is 5.92 Å². The van der Waals surface area contributed by atoms with Gasteiger partial charge in [-0.1, -0.05) is 0 Å². The van der Waals surface area contributed by atoms with Crippen LogP contribution >= 0.6 is 0 Å². The number of hydrogen-bond acceptors (Lipinski definition) is 4. The van der Waals surface area contributed by atoms with E-state index in [1.807, 2.05) is 11.8 Å². The molecule has 2 unspecified atom stereocenters. The van der Waals surface area contributed by atoms with E-state index in [9.17, 15) is 9.59 Å². The van der Waals surface area contributed by atoms with Crippen molar-refractivity contribution in [1.82, 2.24) is 10.2 Å². The molecule has 2 atom stereocenters. The van der Waals surface area contributed by atoms with Gasteiger partial charge in [0.25, 0.3) is 0 Å². The number of esters is 1. The number of piperidine rings is 1. The molecule has 1 saturated heterocycles. The van der Waals surface area contributed by atoms with E-state index in [0.717, 1.165) is 38.8 Å². The molecule has 0 aromatic rings. The Morgan fingerprint density at radius 2 is 1.84 bits per heavy atom. The number of rotatable bonds is 5. The van der Waals surface area contributed by atoms with Crippen molar-refractivity contribution in [2.75, 3.05) is 20.2 Å². The van der Waals surface area contributed by atoms with E-state index in [2.05, 4.69) is 5.32 Å². The van der Waals surface area contributed by atoms with Crippen LogP contribution in [0.2, 0.25) is 0 Å². The molecule has 1 aliphatic carbocycles. The van der Waals surface area contributed by atoms with Gasteiger partial charge in [-0.25, -0.2) is 0 Å². The largest absolute Gasteiger partial charge is 0.468 e. The van der Waals surface area contributed by atoms with Gasteiger partial charge in [-0.2, -0.15) is 0 Å². The van der Waals surface area contributed by atoms with E-state index in [4.69, 9.17) is 4.74 Å². The fraction of sp³-hybridized carbons (Fsp3) is 0.857. The Morgan fingerprint density at radius 1 is 1.21 bits per heavy atom. The first-order valence-corrected chi connectivity index (χ1v) is 7.26. The van der Waals surface area contributed by atoms with Crippen molar-refractivity contribution in [1.29, 1.82) is 0 Å². The van der Waals surface area contributed by atoms with Gasteiger partial charge in [0.15, 0.2) is 0 Å². The summed E-state index contributed by atoms with van der Waals surface area (Å²) in [7, 11) is 1.40. The maximum absolute atomic E-state index is 12.3. The lowest BCUT2D eigenvalue weighted by Gasteiger charge is -2.30. The molecular weight excluding hydrogens is 244 g/mol. The van der Waals surface area contributed by atoms with Crippen molar-refractivity contribution in [3.8, 4) is 0 Å². The van der Waals surface area contributed by atoms with Crippen LogP contribution in [0.1, 0.15) is 39.0 Å². The van der Waals surface area contributed by atoms with E-state index in [0.29, 0.717) is 5.92 Å². The highest BCUT2D eigenvalue weighted by Gasteiger charge is 2.39. The molecule has 1 aliphatic heterocycles. The number of hydrogen-bond donors (Lipinski definition) is 1. The summed E-state index contributed by atoms with van der Waals surface area (Å²) >= 11 is 0. The maximum atomic E-state index is 12.3. The third-order valence-electron chi connectivity index (χ3n) is 4.02. The number of carbonyl (C=O) groups excluding carboxylic acids is 2. The third kappa shape index (κ3) is 3.69. The summed E-state index contributed by atoms with van der Waals surface area (Å²) in [6.07, 6.45) is 5.45. The summed E-state index contributed by atoms with van der Waals surface area (Å²) < 4.78 is 4.81. The first-order chi connectivity index (χ1) is 9.13. The van der Waals surface area contributed by atoms with Crippen LogP contribution < -0.4 is 5.32 Å². The van der Waals surface area contributed by atoms with E-state index < -0.39 is 0 Å². The average Bonchev–Trinajstić information content (AvgIpc) is 3.28. The van der Waals surface area contributed by atoms with Crippen LogP contribution in [0.3, 0.4) is 0 Å². The Bertz CT molecular complexity index is 336. The van der Waals surface area contributed by atoms with Gasteiger partial charge in [0.2, 0.25) is 5.91 Å². The first kappa shape index (κ1) is 14.3. The molecule has 5 nitrogen and oxygen atoms in total. The summed E-state index contributed by atoms with van der Waals surface area (Å²) in [5.41, 5.74) is 0. The minimum atomic E-state index is -0.325. The highest BCUT2D eigenvalue weighted by atomic mass is 16.5. The lowest BCUT2D eigenvalue weighted by molar-refractivity contribution is -0.144. The standard InChI is InChI=1S/C14H24N2O3/c1-10(13(17)16-8-4-3-5-9-16)15-12(11-6-7-11)14(18)19-2/h10-12,15H,3-9H2,1-2H3. The Morgan fingerprint density at radius 3 is 2.37 bits per heavy atom. The molecule has 0 bridgehead atoms. The fourth-order valence-corrected chi connectivity index (χ4v) is 2.68. The molecule has 2 aliphatic rings. The molecular formula is C14H24N2O3. The zero-order valence-corrected chi connectivity index (χ0v) is 11.9. The third-order valence-corrected chi connectivity index (χ3v) is 4.02. The average molecular weight is 268 g/mol. The van der Waals surface area contributed by atoms with Crippen LogP contribution in [0.4, 0.5) is 0 Å². The number of amides is 1. The second-order valence-corrected chi connectivity index (χ2v) is 5.61. The zero-order valence-electron chi connectivity index (χ0n) is 11.9. The summed E-state index contributed by atoms with van der Waals surface area (Å²) in [5.74, 6) is 0.194. The quantitative estimate of drug-likeness (QED) is 0.754. The van der Waals surface area contributed by atoms with Crippen LogP contribution in [0.25, 0.3) is 0 Å². The summed E-state index contributed by atoms with van der Waals surface area (Å²) in [6.45, 7) is 3.53. The molecule has 0 radical (unpaired) electrons.